The zero-order valence-electron chi connectivity index (χ0n) is 14.4. The smallest absolute Gasteiger partial charge is 0.118 e. The van der Waals surface area contributed by atoms with E-state index in [1.54, 1.807) is 0 Å². The molecule has 1 aromatic rings. The molecular weight excluding hydrogens is 260 g/mol. The fourth-order valence-corrected chi connectivity index (χ4v) is 3.11. The van der Waals surface area contributed by atoms with E-state index in [9.17, 15) is 0 Å². The molecule has 0 unspecified atom stereocenters. The first-order valence-corrected chi connectivity index (χ1v) is 8.37. The van der Waals surface area contributed by atoms with Crippen LogP contribution in [0.2, 0.25) is 0 Å². The standard InChI is InChI=1S/C18H32N2O/c1-14(2)19-12-16-6-7-17(21-16)13-20(5)15-8-10-18(3,4)11-9-15/h6-7,14-15,19H,8-13H2,1-5H3. The summed E-state index contributed by atoms with van der Waals surface area (Å²) in [7, 11) is 2.23. The van der Waals surface area contributed by atoms with E-state index in [0.717, 1.165) is 24.6 Å². The van der Waals surface area contributed by atoms with E-state index in [-0.39, 0.29) is 0 Å². The Balaban J connectivity index is 1.81. The highest BCUT2D eigenvalue weighted by molar-refractivity contribution is 5.07. The van der Waals surface area contributed by atoms with Gasteiger partial charge in [-0.05, 0) is 50.3 Å². The van der Waals surface area contributed by atoms with E-state index in [1.807, 2.05) is 0 Å². The van der Waals surface area contributed by atoms with Crippen LogP contribution in [0.4, 0.5) is 0 Å². The molecule has 0 aliphatic heterocycles. The average Bonchev–Trinajstić information content (AvgIpc) is 2.83. The third kappa shape index (κ3) is 5.15. The minimum atomic E-state index is 0.492. The molecule has 0 bridgehead atoms. The molecule has 1 aliphatic rings. The molecule has 1 N–H and O–H groups in total. The van der Waals surface area contributed by atoms with Crippen molar-refractivity contribution in [2.75, 3.05) is 7.05 Å². The fourth-order valence-electron chi connectivity index (χ4n) is 3.11. The molecule has 120 valence electrons. The molecule has 1 saturated carbocycles. The van der Waals surface area contributed by atoms with E-state index in [2.05, 4.69) is 57.1 Å². The van der Waals surface area contributed by atoms with Crippen molar-refractivity contribution in [3.63, 3.8) is 0 Å². The van der Waals surface area contributed by atoms with Gasteiger partial charge in [-0.15, -0.1) is 0 Å². The van der Waals surface area contributed by atoms with Crippen molar-refractivity contribution in [2.45, 2.75) is 78.6 Å². The van der Waals surface area contributed by atoms with Gasteiger partial charge in [-0.1, -0.05) is 27.7 Å². The normalized spacial score (nSPS) is 19.6. The maximum Gasteiger partial charge on any atom is 0.118 e. The lowest BCUT2D eigenvalue weighted by Gasteiger charge is -2.38. The van der Waals surface area contributed by atoms with Crippen LogP contribution >= 0.6 is 0 Å². The van der Waals surface area contributed by atoms with Gasteiger partial charge in [0.2, 0.25) is 0 Å². The molecule has 1 heterocycles. The van der Waals surface area contributed by atoms with Crippen molar-refractivity contribution in [2.24, 2.45) is 5.41 Å². The molecule has 2 rings (SSSR count). The van der Waals surface area contributed by atoms with Crippen LogP contribution in [0.15, 0.2) is 16.5 Å². The third-order valence-electron chi connectivity index (χ3n) is 4.74. The zero-order chi connectivity index (χ0) is 15.5. The fraction of sp³-hybridized carbons (Fsp3) is 0.778. The maximum atomic E-state index is 5.93. The van der Waals surface area contributed by atoms with Crippen LogP contribution in [0.25, 0.3) is 0 Å². The molecule has 0 radical (unpaired) electrons. The highest BCUT2D eigenvalue weighted by atomic mass is 16.3. The molecule has 0 atom stereocenters. The second-order valence-electron chi connectivity index (χ2n) is 7.71. The highest BCUT2D eigenvalue weighted by Crippen LogP contribution is 2.36. The summed E-state index contributed by atoms with van der Waals surface area (Å²) in [5.41, 5.74) is 0.539. The van der Waals surface area contributed by atoms with Crippen LogP contribution in [0, 0.1) is 5.41 Å². The van der Waals surface area contributed by atoms with Crippen LogP contribution in [-0.2, 0) is 13.1 Å². The summed E-state index contributed by atoms with van der Waals surface area (Å²) in [6.07, 6.45) is 5.30. The molecule has 1 aromatic heterocycles. The first kappa shape index (κ1) is 16.6. The second-order valence-corrected chi connectivity index (χ2v) is 7.71. The number of nitrogens with zero attached hydrogens (tertiary/aromatic N) is 1. The molecule has 1 fully saturated rings. The lowest BCUT2D eigenvalue weighted by molar-refractivity contribution is 0.117. The number of rotatable bonds is 6. The quantitative estimate of drug-likeness (QED) is 0.852. The Hall–Kier alpha value is -0.800. The summed E-state index contributed by atoms with van der Waals surface area (Å²) in [6.45, 7) is 10.8. The molecule has 1 aliphatic carbocycles. The minimum Gasteiger partial charge on any atom is -0.463 e. The van der Waals surface area contributed by atoms with Gasteiger partial charge in [0.25, 0.3) is 0 Å². The van der Waals surface area contributed by atoms with Crippen LogP contribution in [0.5, 0.6) is 0 Å². The van der Waals surface area contributed by atoms with Crippen molar-refractivity contribution in [3.8, 4) is 0 Å². The van der Waals surface area contributed by atoms with Gasteiger partial charge in [0.05, 0.1) is 13.1 Å². The lowest BCUT2D eigenvalue weighted by Crippen LogP contribution is -2.36. The van der Waals surface area contributed by atoms with Gasteiger partial charge < -0.3 is 9.73 Å². The molecule has 3 nitrogen and oxygen atoms in total. The molecular formula is C18H32N2O. The van der Waals surface area contributed by atoms with Crippen LogP contribution in [0.3, 0.4) is 0 Å². The highest BCUT2D eigenvalue weighted by Gasteiger charge is 2.28. The number of hydrogen-bond donors (Lipinski definition) is 1. The van der Waals surface area contributed by atoms with Crippen LogP contribution in [-0.4, -0.2) is 24.0 Å². The van der Waals surface area contributed by atoms with E-state index in [1.165, 1.54) is 25.7 Å². The SMILES string of the molecule is CC(C)NCc1ccc(CN(C)C2CCC(C)(C)CC2)o1. The topological polar surface area (TPSA) is 28.4 Å². The van der Waals surface area contributed by atoms with Gasteiger partial charge in [0, 0.05) is 12.1 Å². The van der Waals surface area contributed by atoms with Crippen LogP contribution < -0.4 is 5.32 Å². The van der Waals surface area contributed by atoms with Crippen molar-refractivity contribution in [1.82, 2.24) is 10.2 Å². The second kappa shape index (κ2) is 6.97. The number of furan rings is 1. The van der Waals surface area contributed by atoms with Crippen molar-refractivity contribution in [1.29, 1.82) is 0 Å². The van der Waals surface area contributed by atoms with Gasteiger partial charge in [-0.3, -0.25) is 4.90 Å². The molecule has 21 heavy (non-hydrogen) atoms. The van der Waals surface area contributed by atoms with E-state index < -0.39 is 0 Å². The summed E-state index contributed by atoms with van der Waals surface area (Å²) >= 11 is 0. The minimum absolute atomic E-state index is 0.492. The summed E-state index contributed by atoms with van der Waals surface area (Å²) in [5, 5.41) is 3.39. The Bertz CT molecular complexity index is 426. The summed E-state index contributed by atoms with van der Waals surface area (Å²) in [4.78, 5) is 2.47. The van der Waals surface area contributed by atoms with Crippen molar-refractivity contribution < 1.29 is 4.42 Å². The lowest BCUT2D eigenvalue weighted by atomic mass is 9.75. The summed E-state index contributed by atoms with van der Waals surface area (Å²) in [5.74, 6) is 2.12. The molecule has 0 saturated heterocycles. The predicted molar refractivity (Wildman–Crippen MR) is 88.2 cm³/mol. The van der Waals surface area contributed by atoms with Crippen LogP contribution in [0.1, 0.15) is 64.9 Å². The van der Waals surface area contributed by atoms with E-state index in [0.29, 0.717) is 17.5 Å². The zero-order valence-corrected chi connectivity index (χ0v) is 14.4. The Morgan fingerprint density at radius 1 is 1.24 bits per heavy atom. The molecule has 3 heteroatoms. The largest absolute Gasteiger partial charge is 0.463 e. The summed E-state index contributed by atoms with van der Waals surface area (Å²) < 4.78 is 5.93. The van der Waals surface area contributed by atoms with Gasteiger partial charge in [-0.2, -0.15) is 0 Å². The van der Waals surface area contributed by atoms with Gasteiger partial charge >= 0.3 is 0 Å². The Morgan fingerprint density at radius 2 is 1.86 bits per heavy atom. The number of nitrogens with one attached hydrogen (secondary N) is 1. The van der Waals surface area contributed by atoms with E-state index in [4.69, 9.17) is 4.42 Å². The molecule has 0 aromatic carbocycles. The summed E-state index contributed by atoms with van der Waals surface area (Å²) in [6, 6.07) is 5.43. The monoisotopic (exact) mass is 292 g/mol. The van der Waals surface area contributed by atoms with E-state index >= 15 is 0 Å². The Labute approximate surface area is 130 Å². The van der Waals surface area contributed by atoms with Gasteiger partial charge in [0.15, 0.2) is 0 Å². The Kier molecular flexibility index (Phi) is 5.50. The third-order valence-corrected chi connectivity index (χ3v) is 4.74. The first-order chi connectivity index (χ1) is 9.85. The Morgan fingerprint density at radius 3 is 2.48 bits per heavy atom. The predicted octanol–water partition coefficient (Wildman–Crippen LogP) is 4.18. The maximum absolute atomic E-state index is 5.93. The van der Waals surface area contributed by atoms with Crippen molar-refractivity contribution >= 4 is 0 Å². The molecule has 0 spiro atoms. The first-order valence-electron chi connectivity index (χ1n) is 8.37. The van der Waals surface area contributed by atoms with Gasteiger partial charge in [-0.25, -0.2) is 0 Å². The number of hydrogen-bond acceptors (Lipinski definition) is 3. The molecule has 0 amide bonds. The van der Waals surface area contributed by atoms with Gasteiger partial charge in [0.1, 0.15) is 11.5 Å². The van der Waals surface area contributed by atoms with Crippen molar-refractivity contribution in [3.05, 3.63) is 23.7 Å². The average molecular weight is 292 g/mol.